The molecular formula is C8H14N2O2. The van der Waals surface area contributed by atoms with E-state index >= 15 is 0 Å². The van der Waals surface area contributed by atoms with E-state index in [9.17, 15) is 4.79 Å². The summed E-state index contributed by atoms with van der Waals surface area (Å²) in [5.74, 6) is 0.454. The van der Waals surface area contributed by atoms with Crippen molar-refractivity contribution in [1.29, 1.82) is 0 Å². The highest BCUT2D eigenvalue weighted by molar-refractivity contribution is 5.75. The molecule has 0 aliphatic heterocycles. The van der Waals surface area contributed by atoms with Crippen LogP contribution in [0.1, 0.15) is 20.8 Å². The lowest BCUT2D eigenvalue weighted by Crippen LogP contribution is -1.96. The number of hydrogen-bond acceptors (Lipinski definition) is 3. The van der Waals surface area contributed by atoms with Crippen LogP contribution < -0.4 is 0 Å². The first-order valence-electron chi connectivity index (χ1n) is 3.95. The Kier molecular flexibility index (Phi) is 5.93. The largest absolute Gasteiger partial charge is 0.448 e. The predicted molar refractivity (Wildman–Crippen MR) is 46.6 cm³/mol. The molecule has 0 N–H and O–H groups in total. The Morgan fingerprint density at radius 1 is 1.58 bits per heavy atom. The van der Waals surface area contributed by atoms with E-state index < -0.39 is 6.09 Å². The lowest BCUT2D eigenvalue weighted by Gasteiger charge is -1.93. The summed E-state index contributed by atoms with van der Waals surface area (Å²) in [5.41, 5.74) is 0. The van der Waals surface area contributed by atoms with Gasteiger partial charge >= 0.3 is 6.09 Å². The van der Waals surface area contributed by atoms with Crippen molar-refractivity contribution in [2.75, 3.05) is 13.2 Å². The first-order chi connectivity index (χ1) is 5.66. The maximum absolute atomic E-state index is 10.6. The van der Waals surface area contributed by atoms with E-state index in [1.807, 2.05) is 13.8 Å². The highest BCUT2D eigenvalue weighted by Crippen LogP contribution is 1.89. The predicted octanol–water partition coefficient (Wildman–Crippen LogP) is 1.97. The van der Waals surface area contributed by atoms with Crippen LogP contribution in [0, 0.1) is 5.92 Å². The van der Waals surface area contributed by atoms with Crippen LogP contribution in [0.4, 0.5) is 4.79 Å². The third-order valence-electron chi connectivity index (χ3n) is 0.936. The van der Waals surface area contributed by atoms with Crippen molar-refractivity contribution in [3.63, 3.8) is 0 Å². The molecule has 68 valence electrons. The fourth-order valence-corrected chi connectivity index (χ4v) is 0.455. The lowest BCUT2D eigenvalue weighted by molar-refractivity contribution is 0.164. The number of amides is 1. The Morgan fingerprint density at radius 3 is 2.75 bits per heavy atom. The molecule has 0 aromatic rings. The van der Waals surface area contributed by atoms with Crippen LogP contribution in [0.3, 0.4) is 0 Å². The number of hydrogen-bond donors (Lipinski definition) is 0. The Bertz CT molecular complexity index is 193. The minimum atomic E-state index is -0.634. The summed E-state index contributed by atoms with van der Waals surface area (Å²) < 4.78 is 4.52. The minimum absolute atomic E-state index is 0.328. The number of rotatable bonds is 3. The molecule has 0 aliphatic rings. The number of carbonyl (C=O) groups is 1. The Labute approximate surface area is 72.4 Å². The number of carbonyl (C=O) groups excluding carboxylic acids is 1. The van der Waals surface area contributed by atoms with Gasteiger partial charge in [-0.05, 0) is 12.8 Å². The first kappa shape index (κ1) is 10.8. The molecule has 0 spiro atoms. The van der Waals surface area contributed by atoms with Gasteiger partial charge in [-0.3, -0.25) is 0 Å². The van der Waals surface area contributed by atoms with Gasteiger partial charge in [0, 0.05) is 0 Å². The molecule has 0 heterocycles. The Morgan fingerprint density at radius 2 is 2.25 bits per heavy atom. The molecule has 0 aromatic carbocycles. The maximum Gasteiger partial charge on any atom is 0.443 e. The highest BCUT2D eigenvalue weighted by atomic mass is 16.5. The molecule has 0 aliphatic carbocycles. The standard InChI is InChI=1S/C8H14N2O2/c1-4-12-8(11)10-6-9-5-7(2)3/h7H,4-5H2,1-3H3. The summed E-state index contributed by atoms with van der Waals surface area (Å²) in [6, 6.07) is 2.28. The van der Waals surface area contributed by atoms with E-state index in [0.717, 1.165) is 0 Å². The molecule has 0 aromatic heterocycles. The van der Waals surface area contributed by atoms with Crippen molar-refractivity contribution in [3.05, 3.63) is 0 Å². The zero-order valence-corrected chi connectivity index (χ0v) is 7.70. The van der Waals surface area contributed by atoms with Gasteiger partial charge < -0.3 is 4.74 Å². The van der Waals surface area contributed by atoms with Crippen LogP contribution in [-0.4, -0.2) is 25.3 Å². The second kappa shape index (κ2) is 6.55. The molecule has 1 amide bonds. The monoisotopic (exact) mass is 170 g/mol. The minimum Gasteiger partial charge on any atom is -0.448 e. The van der Waals surface area contributed by atoms with Crippen LogP contribution in [0.5, 0.6) is 0 Å². The van der Waals surface area contributed by atoms with Gasteiger partial charge in [-0.25, -0.2) is 9.79 Å². The van der Waals surface area contributed by atoms with Crippen molar-refractivity contribution >= 4 is 12.1 Å². The van der Waals surface area contributed by atoms with Gasteiger partial charge in [-0.2, -0.15) is 0 Å². The van der Waals surface area contributed by atoms with Crippen LogP contribution in [0.2, 0.25) is 0 Å². The number of ether oxygens (including phenoxy) is 1. The summed E-state index contributed by atoms with van der Waals surface area (Å²) in [4.78, 5) is 17.7. The molecule has 0 saturated heterocycles. The summed E-state index contributed by atoms with van der Waals surface area (Å²) >= 11 is 0. The van der Waals surface area contributed by atoms with E-state index in [1.165, 1.54) is 0 Å². The molecule has 0 rings (SSSR count). The average Bonchev–Trinajstić information content (AvgIpc) is 1.98. The molecule has 12 heavy (non-hydrogen) atoms. The molecule has 4 heteroatoms. The van der Waals surface area contributed by atoms with Gasteiger partial charge in [-0.15, -0.1) is 4.99 Å². The number of nitrogens with zero attached hydrogens (tertiary/aromatic N) is 2. The highest BCUT2D eigenvalue weighted by Gasteiger charge is 1.92. The van der Waals surface area contributed by atoms with Crippen molar-refractivity contribution in [2.24, 2.45) is 15.9 Å². The summed E-state index contributed by atoms with van der Waals surface area (Å²) in [5, 5.41) is 0. The molecule has 0 unspecified atom stereocenters. The fourth-order valence-electron chi connectivity index (χ4n) is 0.455. The quantitative estimate of drug-likeness (QED) is 0.608. The van der Waals surface area contributed by atoms with Crippen LogP contribution in [-0.2, 0) is 4.74 Å². The maximum atomic E-state index is 10.6. The third kappa shape index (κ3) is 6.96. The molecule has 0 saturated carbocycles. The summed E-state index contributed by atoms with van der Waals surface area (Å²) in [7, 11) is 0. The Balaban J connectivity index is 3.72. The molecule has 0 bridgehead atoms. The second-order valence-electron chi connectivity index (χ2n) is 2.65. The van der Waals surface area contributed by atoms with E-state index in [2.05, 4.69) is 20.7 Å². The zero-order valence-electron chi connectivity index (χ0n) is 7.70. The van der Waals surface area contributed by atoms with Gasteiger partial charge in [0.15, 0.2) is 0 Å². The normalized spacial score (nSPS) is 9.00. The van der Waals surface area contributed by atoms with E-state index in [0.29, 0.717) is 19.1 Å². The second-order valence-corrected chi connectivity index (χ2v) is 2.65. The van der Waals surface area contributed by atoms with Crippen molar-refractivity contribution in [1.82, 2.24) is 0 Å². The number of aliphatic imine (C=N–C) groups is 2. The third-order valence-corrected chi connectivity index (χ3v) is 0.936. The lowest BCUT2D eigenvalue weighted by atomic mass is 10.2. The van der Waals surface area contributed by atoms with Crippen molar-refractivity contribution < 1.29 is 9.53 Å². The van der Waals surface area contributed by atoms with Gasteiger partial charge in [0.1, 0.15) is 6.01 Å². The van der Waals surface area contributed by atoms with Gasteiger partial charge in [0.25, 0.3) is 0 Å². The first-order valence-corrected chi connectivity index (χ1v) is 3.95. The fraction of sp³-hybridized carbons (Fsp3) is 0.750. The topological polar surface area (TPSA) is 51.0 Å². The van der Waals surface area contributed by atoms with E-state index in [-0.39, 0.29) is 0 Å². The van der Waals surface area contributed by atoms with E-state index in [1.54, 1.807) is 6.92 Å². The van der Waals surface area contributed by atoms with Gasteiger partial charge in [0.2, 0.25) is 0 Å². The van der Waals surface area contributed by atoms with Crippen molar-refractivity contribution in [3.8, 4) is 0 Å². The van der Waals surface area contributed by atoms with Crippen LogP contribution in [0.15, 0.2) is 9.98 Å². The van der Waals surface area contributed by atoms with Gasteiger partial charge in [-0.1, -0.05) is 13.8 Å². The SMILES string of the molecule is CCOC(=O)N=C=NCC(C)C. The summed E-state index contributed by atoms with van der Waals surface area (Å²) in [6.45, 7) is 6.72. The van der Waals surface area contributed by atoms with E-state index in [4.69, 9.17) is 0 Å². The Hall–Kier alpha value is -1.15. The molecule has 0 fully saturated rings. The van der Waals surface area contributed by atoms with Crippen molar-refractivity contribution in [2.45, 2.75) is 20.8 Å². The molecule has 0 radical (unpaired) electrons. The van der Waals surface area contributed by atoms with Crippen LogP contribution >= 0.6 is 0 Å². The van der Waals surface area contributed by atoms with Crippen LogP contribution in [0.25, 0.3) is 0 Å². The molecule has 0 atom stereocenters. The smallest absolute Gasteiger partial charge is 0.443 e. The zero-order chi connectivity index (χ0) is 9.40. The molecular weight excluding hydrogens is 156 g/mol. The average molecular weight is 170 g/mol. The molecule has 4 nitrogen and oxygen atoms in total. The van der Waals surface area contributed by atoms with Gasteiger partial charge in [0.05, 0.1) is 13.2 Å². The summed E-state index contributed by atoms with van der Waals surface area (Å²) in [6.07, 6.45) is -0.634.